The summed E-state index contributed by atoms with van der Waals surface area (Å²) in [6, 6.07) is 10.9. The molecule has 0 aromatic heterocycles. The summed E-state index contributed by atoms with van der Waals surface area (Å²) in [5.74, 6) is 1.45. The molecule has 1 unspecified atom stereocenters. The molecule has 27 heavy (non-hydrogen) atoms. The summed E-state index contributed by atoms with van der Waals surface area (Å²) in [7, 11) is 4.70. The molecule has 0 amide bonds. The summed E-state index contributed by atoms with van der Waals surface area (Å²) in [6.07, 6.45) is 1.24. The van der Waals surface area contributed by atoms with Gasteiger partial charge in [0.05, 0.1) is 33.9 Å². The lowest BCUT2D eigenvalue weighted by Crippen LogP contribution is -2.20. The van der Waals surface area contributed by atoms with Crippen molar-refractivity contribution in [1.82, 2.24) is 0 Å². The number of esters is 1. The van der Waals surface area contributed by atoms with Gasteiger partial charge >= 0.3 is 5.97 Å². The number of ether oxygens (including phenoxy) is 4. The number of benzene rings is 2. The van der Waals surface area contributed by atoms with Crippen molar-refractivity contribution < 1.29 is 28.8 Å². The number of cyclic esters (lactones) is 1. The average Bonchev–Trinajstić information content (AvgIpc) is 3.02. The first kappa shape index (κ1) is 18.9. The number of methoxy groups -OCH3 is 3. The molecule has 0 spiro atoms. The standard InChI is InChI=1S/C21H24O6/c1-24-18-7-5-13(11-20(18)26-3)8-15-12-27-21(23)16(15)9-14-4-6-17(22)19(10-14)25-2/h4-7,10-11,15-16,22H,8-9,12H2,1-3H3/t15-,16?/m0/s1. The SMILES string of the molecule is COc1cc(CC2C(=O)OC[C@@H]2Cc2ccc(OC)c(OC)c2)ccc1O. The van der Waals surface area contributed by atoms with Crippen LogP contribution in [0.4, 0.5) is 0 Å². The molecule has 3 rings (SSSR count). The molecule has 0 radical (unpaired) electrons. The van der Waals surface area contributed by atoms with E-state index in [1.165, 1.54) is 7.11 Å². The van der Waals surface area contributed by atoms with Crippen LogP contribution in [0.25, 0.3) is 0 Å². The molecule has 1 N–H and O–H groups in total. The van der Waals surface area contributed by atoms with Gasteiger partial charge in [0.15, 0.2) is 23.0 Å². The Bertz CT molecular complexity index is 816. The molecule has 0 saturated carbocycles. The van der Waals surface area contributed by atoms with E-state index in [9.17, 15) is 9.90 Å². The number of hydrogen-bond donors (Lipinski definition) is 1. The van der Waals surface area contributed by atoms with Crippen molar-refractivity contribution in [3.8, 4) is 23.0 Å². The zero-order valence-corrected chi connectivity index (χ0v) is 15.7. The third kappa shape index (κ3) is 4.10. The van der Waals surface area contributed by atoms with E-state index >= 15 is 0 Å². The monoisotopic (exact) mass is 372 g/mol. The van der Waals surface area contributed by atoms with Crippen LogP contribution in [-0.4, -0.2) is 39.0 Å². The molecule has 1 aliphatic heterocycles. The average molecular weight is 372 g/mol. The van der Waals surface area contributed by atoms with E-state index < -0.39 is 0 Å². The number of carbonyl (C=O) groups is 1. The molecule has 6 heteroatoms. The zero-order valence-electron chi connectivity index (χ0n) is 15.7. The van der Waals surface area contributed by atoms with Gasteiger partial charge in [-0.15, -0.1) is 0 Å². The minimum absolute atomic E-state index is 0.0652. The second-order valence-electron chi connectivity index (χ2n) is 6.60. The summed E-state index contributed by atoms with van der Waals surface area (Å²) in [5.41, 5.74) is 1.98. The van der Waals surface area contributed by atoms with E-state index in [2.05, 4.69) is 0 Å². The van der Waals surface area contributed by atoms with Gasteiger partial charge in [-0.1, -0.05) is 12.1 Å². The molecule has 2 aromatic rings. The zero-order chi connectivity index (χ0) is 19.4. The Balaban J connectivity index is 1.76. The predicted octanol–water partition coefficient (Wildman–Crippen LogP) is 2.99. The first-order chi connectivity index (χ1) is 13.0. The van der Waals surface area contributed by atoms with E-state index in [0.29, 0.717) is 36.7 Å². The van der Waals surface area contributed by atoms with Crippen LogP contribution in [0.15, 0.2) is 36.4 Å². The number of phenols is 1. The summed E-state index contributed by atoms with van der Waals surface area (Å²) in [4.78, 5) is 12.3. The van der Waals surface area contributed by atoms with Crippen molar-refractivity contribution in [1.29, 1.82) is 0 Å². The fraction of sp³-hybridized carbons (Fsp3) is 0.381. The quantitative estimate of drug-likeness (QED) is 0.753. The number of hydrogen-bond acceptors (Lipinski definition) is 6. The summed E-state index contributed by atoms with van der Waals surface area (Å²) >= 11 is 0. The maximum absolute atomic E-state index is 12.3. The Morgan fingerprint density at radius 2 is 1.56 bits per heavy atom. The van der Waals surface area contributed by atoms with Crippen LogP contribution in [0, 0.1) is 11.8 Å². The van der Waals surface area contributed by atoms with Gasteiger partial charge in [0, 0.05) is 5.92 Å². The maximum atomic E-state index is 12.3. The van der Waals surface area contributed by atoms with E-state index in [1.807, 2.05) is 18.2 Å². The third-order valence-electron chi connectivity index (χ3n) is 4.96. The molecule has 0 aliphatic carbocycles. The highest BCUT2D eigenvalue weighted by Crippen LogP contribution is 2.34. The Labute approximate surface area is 158 Å². The Hall–Kier alpha value is -2.89. The van der Waals surface area contributed by atoms with Crippen molar-refractivity contribution in [2.75, 3.05) is 27.9 Å². The van der Waals surface area contributed by atoms with Gasteiger partial charge in [-0.25, -0.2) is 0 Å². The van der Waals surface area contributed by atoms with Crippen LogP contribution in [-0.2, 0) is 22.4 Å². The predicted molar refractivity (Wildman–Crippen MR) is 99.6 cm³/mol. The first-order valence-corrected chi connectivity index (χ1v) is 8.79. The fourth-order valence-electron chi connectivity index (χ4n) is 3.47. The fourth-order valence-corrected chi connectivity index (χ4v) is 3.47. The summed E-state index contributed by atoms with van der Waals surface area (Å²) in [5, 5.41) is 9.75. The van der Waals surface area contributed by atoms with Crippen molar-refractivity contribution >= 4 is 5.97 Å². The van der Waals surface area contributed by atoms with E-state index in [4.69, 9.17) is 18.9 Å². The molecule has 1 fully saturated rings. The molecule has 1 heterocycles. The lowest BCUT2D eigenvalue weighted by Gasteiger charge is -2.17. The lowest BCUT2D eigenvalue weighted by atomic mass is 9.85. The van der Waals surface area contributed by atoms with Gasteiger partial charge in [0.2, 0.25) is 0 Å². The van der Waals surface area contributed by atoms with E-state index in [-0.39, 0.29) is 23.6 Å². The van der Waals surface area contributed by atoms with Crippen molar-refractivity contribution in [3.63, 3.8) is 0 Å². The van der Waals surface area contributed by atoms with Gasteiger partial charge in [-0.2, -0.15) is 0 Å². The number of aromatic hydroxyl groups is 1. The number of carbonyl (C=O) groups excluding carboxylic acids is 1. The molecule has 6 nitrogen and oxygen atoms in total. The maximum Gasteiger partial charge on any atom is 0.309 e. The molecule has 1 saturated heterocycles. The minimum Gasteiger partial charge on any atom is -0.504 e. The van der Waals surface area contributed by atoms with Crippen molar-refractivity contribution in [2.45, 2.75) is 12.8 Å². The molecular weight excluding hydrogens is 348 g/mol. The molecule has 0 bridgehead atoms. The Morgan fingerprint density at radius 1 is 0.926 bits per heavy atom. The van der Waals surface area contributed by atoms with Crippen LogP contribution in [0.3, 0.4) is 0 Å². The van der Waals surface area contributed by atoms with Crippen molar-refractivity contribution in [2.24, 2.45) is 11.8 Å². The van der Waals surface area contributed by atoms with Gasteiger partial charge < -0.3 is 24.1 Å². The Morgan fingerprint density at radius 3 is 2.26 bits per heavy atom. The number of phenolic OH excluding ortho intramolecular Hbond substituents is 1. The highest BCUT2D eigenvalue weighted by molar-refractivity contribution is 5.75. The van der Waals surface area contributed by atoms with Gasteiger partial charge in [-0.05, 0) is 48.2 Å². The van der Waals surface area contributed by atoms with Crippen molar-refractivity contribution in [3.05, 3.63) is 47.5 Å². The highest BCUT2D eigenvalue weighted by atomic mass is 16.5. The topological polar surface area (TPSA) is 74.2 Å². The van der Waals surface area contributed by atoms with Crippen LogP contribution in [0.1, 0.15) is 11.1 Å². The van der Waals surface area contributed by atoms with E-state index in [1.54, 1.807) is 32.4 Å². The summed E-state index contributed by atoms with van der Waals surface area (Å²) < 4.78 is 21.1. The molecule has 2 atom stereocenters. The molecule has 1 aliphatic rings. The van der Waals surface area contributed by atoms with Crippen LogP contribution in [0.5, 0.6) is 23.0 Å². The van der Waals surface area contributed by atoms with Gasteiger partial charge in [-0.3, -0.25) is 4.79 Å². The van der Waals surface area contributed by atoms with Crippen LogP contribution >= 0.6 is 0 Å². The summed E-state index contributed by atoms with van der Waals surface area (Å²) in [6.45, 7) is 0.396. The van der Waals surface area contributed by atoms with E-state index in [0.717, 1.165) is 11.1 Å². The lowest BCUT2D eigenvalue weighted by molar-refractivity contribution is -0.141. The normalized spacial score (nSPS) is 18.9. The molecule has 2 aromatic carbocycles. The largest absolute Gasteiger partial charge is 0.504 e. The first-order valence-electron chi connectivity index (χ1n) is 8.79. The van der Waals surface area contributed by atoms with Gasteiger partial charge in [0.25, 0.3) is 0 Å². The van der Waals surface area contributed by atoms with Gasteiger partial charge in [0.1, 0.15) is 0 Å². The second-order valence-corrected chi connectivity index (χ2v) is 6.60. The minimum atomic E-state index is -0.243. The number of rotatable bonds is 7. The van der Waals surface area contributed by atoms with Crippen LogP contribution < -0.4 is 14.2 Å². The Kier molecular flexibility index (Phi) is 5.74. The molecular formula is C21H24O6. The smallest absolute Gasteiger partial charge is 0.309 e. The van der Waals surface area contributed by atoms with Crippen LogP contribution in [0.2, 0.25) is 0 Å². The second kappa shape index (κ2) is 8.20. The highest BCUT2D eigenvalue weighted by Gasteiger charge is 2.37. The molecule has 144 valence electrons. The third-order valence-corrected chi connectivity index (χ3v) is 4.96.